The van der Waals surface area contributed by atoms with Crippen LogP contribution in [-0.4, -0.2) is 39.6 Å². The Hall–Kier alpha value is -2.47. The third-order valence-electron chi connectivity index (χ3n) is 5.36. The van der Waals surface area contributed by atoms with Crippen LogP contribution in [0.1, 0.15) is 12.0 Å². The van der Waals surface area contributed by atoms with Gasteiger partial charge in [0.15, 0.2) is 0 Å². The van der Waals surface area contributed by atoms with Crippen LogP contribution in [0.3, 0.4) is 0 Å². The van der Waals surface area contributed by atoms with Crippen molar-refractivity contribution in [3.63, 3.8) is 0 Å². The summed E-state index contributed by atoms with van der Waals surface area (Å²) in [7, 11) is -2.29. The van der Waals surface area contributed by atoms with E-state index in [1.54, 1.807) is 24.3 Å². The van der Waals surface area contributed by atoms with Gasteiger partial charge in [-0.05, 0) is 37.7 Å². The van der Waals surface area contributed by atoms with Crippen molar-refractivity contribution in [2.45, 2.75) is 22.9 Å². The molecule has 0 radical (unpaired) electrons. The van der Waals surface area contributed by atoms with E-state index in [9.17, 15) is 21.6 Å². The number of thiophene rings is 1. The van der Waals surface area contributed by atoms with Gasteiger partial charge >= 0.3 is 6.18 Å². The maximum atomic E-state index is 13.5. The van der Waals surface area contributed by atoms with Gasteiger partial charge in [-0.3, -0.25) is 4.72 Å². The number of hydrogen-bond acceptors (Lipinski definition) is 6. The predicted octanol–water partition coefficient (Wildman–Crippen LogP) is 5.55. The van der Waals surface area contributed by atoms with Gasteiger partial charge in [0.2, 0.25) is 0 Å². The molecule has 1 fully saturated rings. The molecule has 34 heavy (non-hydrogen) atoms. The van der Waals surface area contributed by atoms with Crippen molar-refractivity contribution in [2.75, 3.05) is 30.6 Å². The van der Waals surface area contributed by atoms with Crippen LogP contribution in [0.5, 0.6) is 5.75 Å². The molecule has 1 atom stereocenters. The smallest absolute Gasteiger partial charge is 0.419 e. The molecule has 2 aromatic carbocycles. The highest BCUT2D eigenvalue weighted by Crippen LogP contribution is 2.42. The van der Waals surface area contributed by atoms with E-state index in [4.69, 9.17) is 22.1 Å². The van der Waals surface area contributed by atoms with Crippen molar-refractivity contribution < 1.29 is 26.3 Å². The fraction of sp³-hybridized carbons (Fsp3) is 0.273. The summed E-state index contributed by atoms with van der Waals surface area (Å²) in [6, 6.07) is 11.2. The first-order valence-electron chi connectivity index (χ1n) is 10.2. The number of rotatable bonds is 6. The average Bonchev–Trinajstić information content (AvgIpc) is 3.33. The third-order valence-corrected chi connectivity index (χ3v) is 8.57. The van der Waals surface area contributed by atoms with Crippen LogP contribution in [0, 0.1) is 0 Å². The standard InChI is InChI=1S/C22H21ClF3N3O3S2/c1-29-9-8-14(12-29)32-19-10-13(6-7-17(19)22(24,25)26)28-34(30,31)20-11-16(21(23)33-20)15-4-2-3-5-18(15)27/h2-7,10-11,14,28H,8-9,12,27H2,1H3. The summed E-state index contributed by atoms with van der Waals surface area (Å²) in [6.07, 6.45) is -4.50. The normalized spacial score (nSPS) is 17.1. The van der Waals surface area contributed by atoms with Crippen molar-refractivity contribution in [2.24, 2.45) is 0 Å². The molecule has 2 heterocycles. The number of likely N-dealkylation sites (N-methyl/N-ethyl adjacent to an activating group) is 1. The maximum Gasteiger partial charge on any atom is 0.419 e. The van der Waals surface area contributed by atoms with Crippen LogP contribution in [0.2, 0.25) is 4.34 Å². The summed E-state index contributed by atoms with van der Waals surface area (Å²) in [5, 5.41) is 0. The lowest BCUT2D eigenvalue weighted by Crippen LogP contribution is -2.23. The number of ether oxygens (including phenoxy) is 1. The molecule has 6 nitrogen and oxygen atoms in total. The van der Waals surface area contributed by atoms with Crippen molar-refractivity contribution in [3.8, 4) is 16.9 Å². The number of nitrogens with one attached hydrogen (secondary N) is 1. The molecular formula is C22H21ClF3N3O3S2. The third kappa shape index (κ3) is 5.27. The molecule has 1 aliphatic rings. The van der Waals surface area contributed by atoms with E-state index in [0.29, 0.717) is 36.3 Å². The van der Waals surface area contributed by atoms with Gasteiger partial charge < -0.3 is 15.4 Å². The molecule has 0 saturated carbocycles. The Morgan fingerprint density at radius 3 is 2.56 bits per heavy atom. The van der Waals surface area contributed by atoms with E-state index in [2.05, 4.69) is 4.72 Å². The number of hydrogen-bond donors (Lipinski definition) is 2. The second-order valence-corrected chi connectivity index (χ2v) is 11.5. The van der Waals surface area contributed by atoms with E-state index < -0.39 is 33.6 Å². The van der Waals surface area contributed by atoms with Crippen molar-refractivity contribution >= 4 is 44.3 Å². The molecule has 4 rings (SSSR count). The topological polar surface area (TPSA) is 84.7 Å². The molecular weight excluding hydrogens is 511 g/mol. The minimum absolute atomic E-state index is 0.0559. The Labute approximate surface area is 204 Å². The number of para-hydroxylation sites is 1. The Balaban J connectivity index is 1.63. The molecule has 0 aliphatic carbocycles. The molecule has 3 N–H and O–H groups in total. The summed E-state index contributed by atoms with van der Waals surface area (Å²) in [5.41, 5.74) is 6.42. The van der Waals surface area contributed by atoms with Gasteiger partial charge in [0, 0.05) is 36.0 Å². The summed E-state index contributed by atoms with van der Waals surface area (Å²) >= 11 is 7.11. The van der Waals surface area contributed by atoms with Crippen molar-refractivity contribution in [1.29, 1.82) is 0 Å². The summed E-state index contributed by atoms with van der Waals surface area (Å²) in [4.78, 5) is 1.95. The first-order valence-corrected chi connectivity index (χ1v) is 12.9. The van der Waals surface area contributed by atoms with Gasteiger partial charge in [-0.25, -0.2) is 8.42 Å². The van der Waals surface area contributed by atoms with E-state index >= 15 is 0 Å². The highest BCUT2D eigenvalue weighted by Gasteiger charge is 2.36. The molecule has 1 saturated heterocycles. The minimum Gasteiger partial charge on any atom is -0.488 e. The largest absolute Gasteiger partial charge is 0.488 e. The summed E-state index contributed by atoms with van der Waals surface area (Å²) in [5.74, 6) is -0.421. The number of benzene rings is 2. The number of nitrogens with zero attached hydrogens (tertiary/aromatic N) is 1. The lowest BCUT2D eigenvalue weighted by molar-refractivity contribution is -0.139. The predicted molar refractivity (Wildman–Crippen MR) is 128 cm³/mol. The molecule has 0 spiro atoms. The first-order chi connectivity index (χ1) is 15.9. The highest BCUT2D eigenvalue weighted by atomic mass is 35.5. The SMILES string of the molecule is CN1CCC(Oc2cc(NS(=O)(=O)c3cc(-c4ccccc4N)c(Cl)s3)ccc2C(F)(F)F)C1. The quantitative estimate of drug-likeness (QED) is 0.407. The molecule has 3 aromatic rings. The summed E-state index contributed by atoms with van der Waals surface area (Å²) < 4.78 is 74.7. The van der Waals surface area contributed by atoms with Crippen LogP contribution in [0.25, 0.3) is 11.1 Å². The van der Waals surface area contributed by atoms with E-state index in [0.717, 1.165) is 29.5 Å². The van der Waals surface area contributed by atoms with E-state index in [1.165, 1.54) is 6.07 Å². The van der Waals surface area contributed by atoms with Crippen molar-refractivity contribution in [1.82, 2.24) is 4.90 Å². The molecule has 1 aromatic heterocycles. The van der Waals surface area contributed by atoms with E-state index in [1.807, 2.05) is 11.9 Å². The first kappa shape index (κ1) is 24.6. The zero-order chi connectivity index (χ0) is 24.7. The Kier molecular flexibility index (Phi) is 6.74. The van der Waals surface area contributed by atoms with Crippen LogP contribution in [-0.2, 0) is 16.2 Å². The van der Waals surface area contributed by atoms with Gasteiger partial charge in [-0.15, -0.1) is 11.3 Å². The van der Waals surface area contributed by atoms with Gasteiger partial charge in [0.05, 0.1) is 11.3 Å². The number of likely N-dealkylation sites (tertiary alicyclic amines) is 1. The molecule has 0 amide bonds. The molecule has 182 valence electrons. The zero-order valence-electron chi connectivity index (χ0n) is 17.9. The monoisotopic (exact) mass is 531 g/mol. The molecule has 1 aliphatic heterocycles. The van der Waals surface area contributed by atoms with Crippen LogP contribution < -0.4 is 15.2 Å². The van der Waals surface area contributed by atoms with Crippen LogP contribution in [0.4, 0.5) is 24.5 Å². The number of nitrogen functional groups attached to an aromatic ring is 1. The Morgan fingerprint density at radius 2 is 1.91 bits per heavy atom. The average molecular weight is 532 g/mol. The lowest BCUT2D eigenvalue weighted by Gasteiger charge is -2.19. The number of nitrogens with two attached hydrogens (primary N) is 1. The fourth-order valence-electron chi connectivity index (χ4n) is 3.70. The van der Waals surface area contributed by atoms with Crippen LogP contribution >= 0.6 is 22.9 Å². The van der Waals surface area contributed by atoms with Gasteiger partial charge in [-0.1, -0.05) is 29.8 Å². The summed E-state index contributed by atoms with van der Waals surface area (Å²) in [6.45, 7) is 1.18. The number of halogens is 4. The zero-order valence-corrected chi connectivity index (χ0v) is 20.3. The van der Waals surface area contributed by atoms with Gasteiger partial charge in [-0.2, -0.15) is 13.2 Å². The van der Waals surface area contributed by atoms with Crippen molar-refractivity contribution in [3.05, 3.63) is 58.4 Å². The lowest BCUT2D eigenvalue weighted by atomic mass is 10.1. The van der Waals surface area contributed by atoms with Gasteiger partial charge in [0.25, 0.3) is 10.0 Å². The molecule has 12 heteroatoms. The highest BCUT2D eigenvalue weighted by molar-refractivity contribution is 7.94. The van der Waals surface area contributed by atoms with Crippen LogP contribution in [0.15, 0.2) is 52.7 Å². The van der Waals surface area contributed by atoms with E-state index in [-0.39, 0.29) is 14.2 Å². The second-order valence-electron chi connectivity index (χ2n) is 7.95. The molecule has 1 unspecified atom stereocenters. The number of sulfonamides is 1. The number of anilines is 2. The second kappa shape index (κ2) is 9.29. The van der Waals surface area contributed by atoms with Gasteiger partial charge in [0.1, 0.15) is 20.4 Å². The molecule has 0 bridgehead atoms. The minimum atomic E-state index is -4.65. The number of alkyl halides is 3. The Bertz CT molecular complexity index is 1310. The maximum absolute atomic E-state index is 13.5. The Morgan fingerprint density at radius 1 is 1.18 bits per heavy atom. The fourth-order valence-corrected chi connectivity index (χ4v) is 6.50.